The number of esters is 1. The summed E-state index contributed by atoms with van der Waals surface area (Å²) in [6, 6.07) is 3.27. The Balaban J connectivity index is 1.59. The number of halogens is 1. The first kappa shape index (κ1) is 19.6. The summed E-state index contributed by atoms with van der Waals surface area (Å²) in [5.41, 5.74) is 4.74. The molecule has 1 N–H and O–H groups in total. The maximum atomic E-state index is 14.6. The summed E-state index contributed by atoms with van der Waals surface area (Å²) in [7, 11) is 0. The molecule has 4 heterocycles. The minimum atomic E-state index is -1.82. The maximum Gasteiger partial charge on any atom is 0.343 e. The molecule has 0 bridgehead atoms. The molecule has 0 radical (unpaired) electrons. The van der Waals surface area contributed by atoms with Gasteiger partial charge >= 0.3 is 5.97 Å². The zero-order valence-electron chi connectivity index (χ0n) is 18.0. The second-order valence-electron chi connectivity index (χ2n) is 9.11. The van der Waals surface area contributed by atoms with Gasteiger partial charge in [0.1, 0.15) is 12.4 Å². The fourth-order valence-electron chi connectivity index (χ4n) is 5.71. The van der Waals surface area contributed by atoms with E-state index < -0.39 is 11.6 Å². The Morgan fingerprint density at radius 2 is 1.97 bits per heavy atom. The number of ether oxygens (including phenoxy) is 1. The standard InChI is InChI=1S/C25H23FN2O4/c1-3-25(31)18-7-13-8-20-16(10-28(13)23(29)17(18)11-32-24(25)30)15-6-4-5-14-12(2)19(26)9-21(27-20)22(14)15/h7,9,31H,3-6,8,10-11H2,1-2H3/t25-/m0/s1. The molecule has 1 aromatic carbocycles. The van der Waals surface area contributed by atoms with E-state index in [0.717, 1.165) is 41.5 Å². The van der Waals surface area contributed by atoms with Crippen LogP contribution in [0, 0.1) is 12.7 Å². The third-order valence-corrected chi connectivity index (χ3v) is 7.55. The van der Waals surface area contributed by atoms with E-state index in [1.54, 1.807) is 17.6 Å². The van der Waals surface area contributed by atoms with E-state index in [2.05, 4.69) is 0 Å². The number of nitrogens with zero attached hydrogens (tertiary/aromatic N) is 2. The van der Waals surface area contributed by atoms with Crippen LogP contribution in [0.4, 0.5) is 4.39 Å². The number of aliphatic hydroxyl groups is 1. The highest BCUT2D eigenvalue weighted by molar-refractivity contribution is 5.89. The lowest BCUT2D eigenvalue weighted by molar-refractivity contribution is -0.172. The van der Waals surface area contributed by atoms with Gasteiger partial charge < -0.3 is 14.4 Å². The summed E-state index contributed by atoms with van der Waals surface area (Å²) in [5, 5.41) is 12.0. The van der Waals surface area contributed by atoms with Gasteiger partial charge in [0.05, 0.1) is 23.3 Å². The quantitative estimate of drug-likeness (QED) is 0.466. The summed E-state index contributed by atoms with van der Waals surface area (Å²) in [6.07, 6.45) is 3.15. The predicted molar refractivity (Wildman–Crippen MR) is 115 cm³/mol. The zero-order valence-corrected chi connectivity index (χ0v) is 18.0. The smallest absolute Gasteiger partial charge is 0.343 e. The van der Waals surface area contributed by atoms with Crippen molar-refractivity contribution in [3.8, 4) is 0 Å². The van der Waals surface area contributed by atoms with Crippen LogP contribution < -0.4 is 5.56 Å². The molecule has 6 nitrogen and oxygen atoms in total. The normalized spacial score (nSPS) is 21.1. The van der Waals surface area contributed by atoms with Crippen molar-refractivity contribution in [1.82, 2.24) is 9.55 Å². The van der Waals surface area contributed by atoms with Gasteiger partial charge in [-0.2, -0.15) is 0 Å². The first-order valence-corrected chi connectivity index (χ1v) is 11.1. The van der Waals surface area contributed by atoms with Crippen LogP contribution in [0.1, 0.15) is 64.5 Å². The topological polar surface area (TPSA) is 81.4 Å². The second kappa shape index (κ2) is 6.48. The lowest BCUT2D eigenvalue weighted by Crippen LogP contribution is -2.45. The van der Waals surface area contributed by atoms with Gasteiger partial charge in [0.2, 0.25) is 0 Å². The van der Waals surface area contributed by atoms with Crippen molar-refractivity contribution in [2.24, 2.45) is 0 Å². The maximum absolute atomic E-state index is 14.6. The van der Waals surface area contributed by atoms with Gasteiger partial charge in [-0.1, -0.05) is 6.92 Å². The Morgan fingerprint density at radius 1 is 1.19 bits per heavy atom. The summed E-state index contributed by atoms with van der Waals surface area (Å²) in [5.74, 6) is -0.958. The van der Waals surface area contributed by atoms with Gasteiger partial charge in [-0.3, -0.25) is 9.78 Å². The van der Waals surface area contributed by atoms with E-state index in [-0.39, 0.29) is 24.4 Å². The third kappa shape index (κ3) is 2.40. The van der Waals surface area contributed by atoms with Crippen LogP contribution in [0.25, 0.3) is 10.9 Å². The first-order chi connectivity index (χ1) is 15.3. The lowest BCUT2D eigenvalue weighted by atomic mass is 9.82. The van der Waals surface area contributed by atoms with Crippen molar-refractivity contribution in [2.75, 3.05) is 0 Å². The van der Waals surface area contributed by atoms with Crippen molar-refractivity contribution in [2.45, 2.75) is 64.7 Å². The highest BCUT2D eigenvalue weighted by atomic mass is 19.1. The number of aryl methyl sites for hydroxylation is 2. The van der Waals surface area contributed by atoms with Crippen molar-refractivity contribution < 1.29 is 19.0 Å². The minimum Gasteiger partial charge on any atom is -0.458 e. The summed E-state index contributed by atoms with van der Waals surface area (Å²) < 4.78 is 21.4. The lowest BCUT2D eigenvalue weighted by Gasteiger charge is -2.34. The summed E-state index contributed by atoms with van der Waals surface area (Å²) in [6.45, 7) is 3.76. The highest BCUT2D eigenvalue weighted by Gasteiger charge is 2.45. The van der Waals surface area contributed by atoms with Crippen LogP contribution in [0.3, 0.4) is 0 Å². The molecule has 1 atom stereocenters. The number of carbonyl (C=O) groups excluding carboxylic acids is 1. The Labute approximate surface area is 183 Å². The number of carbonyl (C=O) groups is 1. The number of rotatable bonds is 1. The van der Waals surface area contributed by atoms with Gasteiger partial charge in [0.25, 0.3) is 5.56 Å². The van der Waals surface area contributed by atoms with E-state index >= 15 is 0 Å². The Kier molecular flexibility index (Phi) is 3.97. The van der Waals surface area contributed by atoms with Gasteiger partial charge in [-0.15, -0.1) is 0 Å². The first-order valence-electron chi connectivity index (χ1n) is 11.1. The van der Waals surface area contributed by atoms with Crippen LogP contribution in [-0.2, 0) is 47.5 Å². The van der Waals surface area contributed by atoms with Crippen LogP contribution in [0.15, 0.2) is 16.9 Å². The molecule has 0 saturated heterocycles. The van der Waals surface area contributed by atoms with E-state index in [1.807, 2.05) is 6.92 Å². The second-order valence-corrected chi connectivity index (χ2v) is 9.11. The van der Waals surface area contributed by atoms with Gasteiger partial charge in [-0.25, -0.2) is 9.18 Å². The molecule has 164 valence electrons. The number of hydrogen-bond acceptors (Lipinski definition) is 5. The molecule has 0 fully saturated rings. The Hall–Kier alpha value is -3.06. The fraction of sp³-hybridized carbons (Fsp3) is 0.400. The average Bonchev–Trinajstić information content (AvgIpc) is 2.79. The predicted octanol–water partition coefficient (Wildman–Crippen LogP) is 2.94. The highest BCUT2D eigenvalue weighted by Crippen LogP contribution is 2.39. The minimum absolute atomic E-state index is 0.118. The number of fused-ring (bicyclic) bond motifs is 4. The van der Waals surface area contributed by atoms with E-state index in [4.69, 9.17) is 9.72 Å². The average molecular weight is 434 g/mol. The number of aromatic nitrogens is 2. The van der Waals surface area contributed by atoms with Crippen LogP contribution >= 0.6 is 0 Å². The molecule has 0 unspecified atom stereocenters. The SMILES string of the molecule is CC[C@@]1(O)C(=O)OCc2c1cc1n(c2=O)Cc2c(nc3cc(F)c(C)c4c3c2CCC4)C1. The molecule has 2 aromatic heterocycles. The molecule has 3 aliphatic rings. The van der Waals surface area contributed by atoms with Crippen molar-refractivity contribution in [3.63, 3.8) is 0 Å². The molecule has 7 heteroatoms. The van der Waals surface area contributed by atoms with Gasteiger partial charge in [0.15, 0.2) is 5.60 Å². The van der Waals surface area contributed by atoms with Crippen molar-refractivity contribution in [3.05, 3.63) is 73.1 Å². The molecular formula is C25H23FN2O4. The largest absolute Gasteiger partial charge is 0.458 e. The molecule has 1 aliphatic carbocycles. The Bertz CT molecular complexity index is 1420. The zero-order chi connectivity index (χ0) is 22.4. The van der Waals surface area contributed by atoms with Crippen molar-refractivity contribution in [1.29, 1.82) is 0 Å². The van der Waals surface area contributed by atoms with E-state index in [0.29, 0.717) is 40.9 Å². The molecule has 0 spiro atoms. The molecule has 0 saturated carbocycles. The van der Waals surface area contributed by atoms with E-state index in [9.17, 15) is 19.1 Å². The summed E-state index contributed by atoms with van der Waals surface area (Å²) in [4.78, 5) is 30.5. The summed E-state index contributed by atoms with van der Waals surface area (Å²) >= 11 is 0. The number of cyclic esters (lactones) is 1. The van der Waals surface area contributed by atoms with Crippen molar-refractivity contribution >= 4 is 16.9 Å². The van der Waals surface area contributed by atoms with Gasteiger partial charge in [0, 0.05) is 29.1 Å². The van der Waals surface area contributed by atoms with Crippen LogP contribution in [0.2, 0.25) is 0 Å². The van der Waals surface area contributed by atoms with Crippen LogP contribution in [0.5, 0.6) is 0 Å². The number of hydrogen-bond donors (Lipinski definition) is 1. The molecule has 2 aliphatic heterocycles. The molecular weight excluding hydrogens is 411 g/mol. The Morgan fingerprint density at radius 3 is 2.75 bits per heavy atom. The number of benzene rings is 1. The van der Waals surface area contributed by atoms with E-state index in [1.165, 1.54) is 11.6 Å². The third-order valence-electron chi connectivity index (χ3n) is 7.55. The molecule has 3 aromatic rings. The fourth-order valence-corrected chi connectivity index (χ4v) is 5.71. The van der Waals surface area contributed by atoms with Gasteiger partial charge in [-0.05, 0) is 60.9 Å². The molecule has 6 rings (SSSR count). The van der Waals surface area contributed by atoms with Crippen LogP contribution in [-0.4, -0.2) is 20.6 Å². The molecule has 32 heavy (non-hydrogen) atoms. The molecule has 0 amide bonds. The number of pyridine rings is 2. The monoisotopic (exact) mass is 434 g/mol.